The van der Waals surface area contributed by atoms with Crippen molar-refractivity contribution in [3.8, 4) is 6.07 Å². The van der Waals surface area contributed by atoms with E-state index in [0.29, 0.717) is 26.1 Å². The number of hydrogen-bond acceptors (Lipinski definition) is 8. The third-order valence-corrected chi connectivity index (χ3v) is 8.14. The number of hydrogen-bond donors (Lipinski definition) is 0. The van der Waals surface area contributed by atoms with Crippen LogP contribution >= 0.6 is 16.0 Å². The normalized spacial score (nSPS) is 23.0. The molecule has 1 fully saturated rings. The quantitative estimate of drug-likeness (QED) is 0.280. The van der Waals surface area contributed by atoms with Crippen molar-refractivity contribution in [3.05, 3.63) is 11.9 Å². The Morgan fingerprint density at radius 3 is 2.43 bits per heavy atom. The predicted molar refractivity (Wildman–Crippen MR) is 112 cm³/mol. The minimum atomic E-state index is -3.28. The molecule has 0 aromatic rings. The Morgan fingerprint density at radius 1 is 1.32 bits per heavy atom. The summed E-state index contributed by atoms with van der Waals surface area (Å²) in [5, 5.41) is 8.87. The van der Waals surface area contributed by atoms with Gasteiger partial charge in [0.1, 0.15) is 7.85 Å². The fraction of sp³-hybridized carbons (Fsp3) is 0.824. The molecule has 28 heavy (non-hydrogen) atoms. The molecule has 2 radical (unpaired) electrons. The first-order valence-corrected chi connectivity index (χ1v) is 12.1. The van der Waals surface area contributed by atoms with E-state index in [0.717, 1.165) is 0 Å². The van der Waals surface area contributed by atoms with Gasteiger partial charge in [-0.2, -0.15) is 5.26 Å². The maximum atomic E-state index is 12.3. The molecule has 11 heteroatoms. The van der Waals surface area contributed by atoms with Crippen molar-refractivity contribution >= 4 is 23.9 Å². The minimum absolute atomic E-state index is 0.253. The summed E-state index contributed by atoms with van der Waals surface area (Å²) in [5.41, 5.74) is 0. The summed E-state index contributed by atoms with van der Waals surface area (Å²) in [7, 11) is 4.37. The van der Waals surface area contributed by atoms with E-state index in [-0.39, 0.29) is 18.2 Å². The van der Waals surface area contributed by atoms with Gasteiger partial charge < -0.3 is 18.3 Å². The van der Waals surface area contributed by atoms with E-state index >= 15 is 0 Å². The van der Waals surface area contributed by atoms with Gasteiger partial charge >= 0.3 is 7.60 Å². The van der Waals surface area contributed by atoms with Crippen LogP contribution in [0.25, 0.3) is 0 Å². The van der Waals surface area contributed by atoms with Crippen LogP contribution in [-0.2, 0) is 22.9 Å². The van der Waals surface area contributed by atoms with Crippen molar-refractivity contribution in [2.75, 3.05) is 33.9 Å². The highest BCUT2D eigenvalue weighted by atomic mass is 31.2. The first-order valence-electron chi connectivity index (χ1n) is 9.32. The van der Waals surface area contributed by atoms with Crippen molar-refractivity contribution in [3.63, 3.8) is 0 Å². The summed E-state index contributed by atoms with van der Waals surface area (Å²) < 4.78 is 38.5. The number of ether oxygens (including phenoxy) is 1. The van der Waals surface area contributed by atoms with Gasteiger partial charge in [-0.05, 0) is 33.8 Å². The number of nitrogens with zero attached hydrogens (tertiary/aromatic N) is 3. The van der Waals surface area contributed by atoms with Crippen molar-refractivity contribution in [2.24, 2.45) is 0 Å². The molecule has 8 nitrogen and oxygen atoms in total. The smallest absolute Gasteiger partial charge is 0.353 e. The molecular weight excluding hydrogens is 399 g/mol. The monoisotopic (exact) mass is 431 g/mol. The number of nitriles is 1. The lowest BCUT2D eigenvalue weighted by molar-refractivity contribution is -0.00345. The average molecular weight is 431 g/mol. The zero-order chi connectivity index (χ0) is 21.3. The number of rotatable bonds is 11. The fourth-order valence-corrected chi connectivity index (χ4v) is 5.93. The molecule has 158 valence electrons. The highest BCUT2D eigenvalue weighted by Crippen LogP contribution is 2.50. The lowest BCUT2D eigenvalue weighted by atomic mass is 9.98. The summed E-state index contributed by atoms with van der Waals surface area (Å²) in [6.07, 6.45) is 1.61. The highest BCUT2D eigenvalue weighted by Gasteiger charge is 2.36. The van der Waals surface area contributed by atoms with Crippen LogP contribution in [0.4, 0.5) is 0 Å². The van der Waals surface area contributed by atoms with Crippen LogP contribution in [0.1, 0.15) is 34.1 Å². The van der Waals surface area contributed by atoms with Gasteiger partial charge in [-0.25, -0.2) is 9.34 Å². The summed E-state index contributed by atoms with van der Waals surface area (Å²) in [6.45, 7) is 9.86. The van der Waals surface area contributed by atoms with Crippen LogP contribution in [0.2, 0.25) is 0 Å². The Morgan fingerprint density at radius 2 is 1.93 bits per heavy atom. The van der Waals surface area contributed by atoms with Crippen molar-refractivity contribution in [2.45, 2.75) is 58.3 Å². The molecule has 1 rings (SSSR count). The molecular formula is C17H32BN3O5P2. The topological polar surface area (TPSA) is 84.3 Å². The van der Waals surface area contributed by atoms with Crippen molar-refractivity contribution < 1.29 is 22.9 Å². The van der Waals surface area contributed by atoms with Gasteiger partial charge in [0.25, 0.3) is 0 Å². The van der Waals surface area contributed by atoms with Crippen molar-refractivity contribution in [1.29, 1.82) is 5.26 Å². The first-order chi connectivity index (χ1) is 13.2. The van der Waals surface area contributed by atoms with Crippen LogP contribution in [-0.4, -0.2) is 75.3 Å². The van der Waals surface area contributed by atoms with Crippen LogP contribution in [0, 0.1) is 11.3 Å². The van der Waals surface area contributed by atoms with Gasteiger partial charge in [0.2, 0.25) is 0 Å². The second-order valence-electron chi connectivity index (χ2n) is 6.89. The second kappa shape index (κ2) is 12.4. The van der Waals surface area contributed by atoms with Crippen LogP contribution < -0.4 is 0 Å². The predicted octanol–water partition coefficient (Wildman–Crippen LogP) is 3.46. The molecule has 3 unspecified atom stereocenters. The molecule has 0 amide bonds. The molecule has 0 aromatic carbocycles. The highest BCUT2D eigenvalue weighted by molar-refractivity contribution is 7.57. The Kier molecular flexibility index (Phi) is 11.4. The summed E-state index contributed by atoms with van der Waals surface area (Å²) in [5.74, 6) is 1.40. The van der Waals surface area contributed by atoms with E-state index in [1.165, 1.54) is 20.0 Å². The molecule has 0 spiro atoms. The fourth-order valence-electron chi connectivity index (χ4n) is 2.90. The van der Waals surface area contributed by atoms with Gasteiger partial charge in [-0.3, -0.25) is 4.57 Å². The van der Waals surface area contributed by atoms with Gasteiger partial charge in [-0.1, -0.05) is 0 Å². The molecule has 0 aromatic heterocycles. The standard InChI is InChI=1S/C17H32BN3O5P2/c1-14(2)21(15(3)4)27(25-10-7-9-19)20-12-16(26-17(18)13-20)8-11-28(22,23-5)24-6/h8,11,14-17H,7,10,12-13H2,1-6H3/b11-8+. The summed E-state index contributed by atoms with van der Waals surface area (Å²) in [4.78, 5) is 0. The van der Waals surface area contributed by atoms with E-state index in [1.54, 1.807) is 6.08 Å². The molecule has 0 saturated carbocycles. The summed E-state index contributed by atoms with van der Waals surface area (Å²) in [6, 6.07) is 2.11. The van der Waals surface area contributed by atoms with Gasteiger partial charge in [0.15, 0.2) is 8.45 Å². The van der Waals surface area contributed by atoms with Gasteiger partial charge in [-0.15, -0.1) is 0 Å². The molecule has 0 bridgehead atoms. The zero-order valence-electron chi connectivity index (χ0n) is 17.6. The first kappa shape index (κ1) is 25.8. The summed E-state index contributed by atoms with van der Waals surface area (Å²) >= 11 is 0. The Bertz CT molecular complexity index is 572. The van der Waals surface area contributed by atoms with E-state index in [2.05, 4.69) is 43.1 Å². The largest absolute Gasteiger partial charge is 0.378 e. The Balaban J connectivity index is 3.03. The third-order valence-electron chi connectivity index (χ3n) is 4.04. The van der Waals surface area contributed by atoms with E-state index < -0.39 is 22.0 Å². The van der Waals surface area contributed by atoms with Crippen LogP contribution in [0.5, 0.6) is 0 Å². The Hall–Kier alpha value is -0.285. The van der Waals surface area contributed by atoms with Gasteiger partial charge in [0.05, 0.1) is 25.2 Å². The molecule has 3 atom stereocenters. The SMILES string of the molecule is [B]C1CN(P(OCCC#N)N(C(C)C)C(C)C)CC(/C=C/P(=O)(OC)OC)O1. The maximum absolute atomic E-state index is 12.3. The van der Waals surface area contributed by atoms with E-state index in [9.17, 15) is 4.57 Å². The molecule has 0 N–H and O–H groups in total. The average Bonchev–Trinajstić information content (AvgIpc) is 2.64. The zero-order valence-corrected chi connectivity index (χ0v) is 19.4. The lowest BCUT2D eigenvalue weighted by Crippen LogP contribution is -2.48. The number of morpholine rings is 1. The molecule has 1 saturated heterocycles. The third kappa shape index (κ3) is 7.86. The molecule has 1 aliphatic heterocycles. The van der Waals surface area contributed by atoms with E-state index in [4.69, 9.17) is 31.4 Å². The molecule has 1 aliphatic rings. The maximum Gasteiger partial charge on any atom is 0.353 e. The van der Waals surface area contributed by atoms with Crippen LogP contribution in [0.15, 0.2) is 11.9 Å². The molecule has 1 heterocycles. The lowest BCUT2D eigenvalue weighted by Gasteiger charge is -2.46. The van der Waals surface area contributed by atoms with Gasteiger partial charge in [0, 0.05) is 51.2 Å². The van der Waals surface area contributed by atoms with Crippen LogP contribution in [0.3, 0.4) is 0 Å². The van der Waals surface area contributed by atoms with Crippen molar-refractivity contribution in [1.82, 2.24) is 9.34 Å². The molecule has 0 aliphatic carbocycles. The second-order valence-corrected chi connectivity index (χ2v) is 10.8. The van der Waals surface area contributed by atoms with E-state index in [1.807, 2.05) is 0 Å². The minimum Gasteiger partial charge on any atom is -0.378 e. The Labute approximate surface area is 172 Å².